The van der Waals surface area contributed by atoms with Gasteiger partial charge < -0.3 is 5.73 Å². The Bertz CT molecular complexity index is 301. The Morgan fingerprint density at radius 2 is 2.23 bits per heavy atom. The van der Waals surface area contributed by atoms with Gasteiger partial charge in [-0.3, -0.25) is 0 Å². The number of fused-ring (bicyclic) bond motifs is 1. The van der Waals surface area contributed by atoms with E-state index >= 15 is 0 Å². The highest BCUT2D eigenvalue weighted by Crippen LogP contribution is 2.17. The second kappa shape index (κ2) is 4.07. The van der Waals surface area contributed by atoms with E-state index in [1.807, 2.05) is 18.0 Å². The fraction of sp³-hybridized carbons (Fsp3) is 0.556. The summed E-state index contributed by atoms with van der Waals surface area (Å²) in [5.41, 5.74) is 8.01. The van der Waals surface area contributed by atoms with Crippen molar-refractivity contribution in [2.45, 2.75) is 19.4 Å². The van der Waals surface area contributed by atoms with E-state index in [1.165, 1.54) is 22.8 Å². The standard InChI is InChI=1S/C9H13N3S/c10-5-9-11-6-7-1-3-13-4-2-8(7)12-9/h6H,1-5,10H2. The summed E-state index contributed by atoms with van der Waals surface area (Å²) < 4.78 is 0. The normalized spacial score (nSPS) is 16.4. The minimum atomic E-state index is 0.445. The molecular weight excluding hydrogens is 182 g/mol. The molecule has 0 saturated carbocycles. The van der Waals surface area contributed by atoms with Gasteiger partial charge in [0, 0.05) is 11.9 Å². The summed E-state index contributed by atoms with van der Waals surface area (Å²) in [6, 6.07) is 0. The van der Waals surface area contributed by atoms with Crippen molar-refractivity contribution < 1.29 is 0 Å². The summed E-state index contributed by atoms with van der Waals surface area (Å²) in [4.78, 5) is 8.65. The van der Waals surface area contributed by atoms with E-state index in [0.29, 0.717) is 6.54 Å². The maximum atomic E-state index is 5.49. The SMILES string of the molecule is NCc1ncc2c(n1)CCSCC2. The third-order valence-corrected chi connectivity index (χ3v) is 3.17. The zero-order chi connectivity index (χ0) is 9.10. The Labute approximate surface area is 82.2 Å². The molecule has 4 heteroatoms. The van der Waals surface area contributed by atoms with Crippen LogP contribution in [-0.2, 0) is 19.4 Å². The average molecular weight is 195 g/mol. The van der Waals surface area contributed by atoms with Gasteiger partial charge in [0.2, 0.25) is 0 Å². The maximum Gasteiger partial charge on any atom is 0.142 e. The first-order valence-corrected chi connectivity index (χ1v) is 5.67. The van der Waals surface area contributed by atoms with Gasteiger partial charge in [-0.15, -0.1) is 0 Å². The molecular formula is C9H13N3S. The highest BCUT2D eigenvalue weighted by molar-refractivity contribution is 7.99. The van der Waals surface area contributed by atoms with E-state index in [2.05, 4.69) is 9.97 Å². The molecule has 0 fully saturated rings. The summed E-state index contributed by atoms with van der Waals surface area (Å²) in [5, 5.41) is 0. The summed E-state index contributed by atoms with van der Waals surface area (Å²) in [6.45, 7) is 0.445. The van der Waals surface area contributed by atoms with E-state index in [0.717, 1.165) is 18.7 Å². The van der Waals surface area contributed by atoms with Gasteiger partial charge in [0.05, 0.1) is 6.54 Å². The molecule has 13 heavy (non-hydrogen) atoms. The molecule has 2 rings (SSSR count). The van der Waals surface area contributed by atoms with E-state index in [4.69, 9.17) is 5.73 Å². The molecule has 1 aromatic rings. The molecule has 2 heterocycles. The molecule has 3 nitrogen and oxygen atoms in total. The predicted molar refractivity (Wildman–Crippen MR) is 54.7 cm³/mol. The van der Waals surface area contributed by atoms with Crippen LogP contribution in [0.25, 0.3) is 0 Å². The number of hydrogen-bond donors (Lipinski definition) is 1. The van der Waals surface area contributed by atoms with Crippen LogP contribution in [0, 0.1) is 0 Å². The van der Waals surface area contributed by atoms with Gasteiger partial charge in [0.1, 0.15) is 5.82 Å². The van der Waals surface area contributed by atoms with E-state index in [9.17, 15) is 0 Å². The fourth-order valence-corrected chi connectivity index (χ4v) is 2.37. The predicted octanol–water partition coefficient (Wildman–Crippen LogP) is 0.767. The first-order chi connectivity index (χ1) is 6.40. The number of aryl methyl sites for hydroxylation is 2. The summed E-state index contributed by atoms with van der Waals surface area (Å²) in [7, 11) is 0. The lowest BCUT2D eigenvalue weighted by molar-refractivity contribution is 0.849. The Kier molecular flexibility index (Phi) is 2.80. The monoisotopic (exact) mass is 195 g/mol. The number of thioether (sulfide) groups is 1. The van der Waals surface area contributed by atoms with Crippen LogP contribution in [-0.4, -0.2) is 21.5 Å². The first kappa shape index (κ1) is 8.97. The van der Waals surface area contributed by atoms with E-state index in [-0.39, 0.29) is 0 Å². The Hall–Kier alpha value is -0.610. The van der Waals surface area contributed by atoms with Crippen molar-refractivity contribution >= 4 is 11.8 Å². The lowest BCUT2D eigenvalue weighted by Crippen LogP contribution is -2.07. The molecule has 2 N–H and O–H groups in total. The molecule has 0 atom stereocenters. The van der Waals surface area contributed by atoms with Crippen LogP contribution in [0.2, 0.25) is 0 Å². The molecule has 0 radical (unpaired) electrons. The number of nitrogens with two attached hydrogens (primary N) is 1. The quantitative estimate of drug-likeness (QED) is 0.719. The van der Waals surface area contributed by atoms with Crippen molar-refractivity contribution in [1.82, 2.24) is 9.97 Å². The van der Waals surface area contributed by atoms with Crippen LogP contribution >= 0.6 is 11.8 Å². The van der Waals surface area contributed by atoms with Gasteiger partial charge in [0.15, 0.2) is 0 Å². The number of hydrogen-bond acceptors (Lipinski definition) is 4. The Morgan fingerprint density at radius 1 is 1.38 bits per heavy atom. The highest BCUT2D eigenvalue weighted by Gasteiger charge is 2.10. The molecule has 0 saturated heterocycles. The number of nitrogens with zero attached hydrogens (tertiary/aromatic N) is 2. The van der Waals surface area contributed by atoms with Crippen LogP contribution in [0.1, 0.15) is 17.1 Å². The van der Waals surface area contributed by atoms with Crippen molar-refractivity contribution in [2.75, 3.05) is 11.5 Å². The molecule has 0 amide bonds. The largest absolute Gasteiger partial charge is 0.324 e. The van der Waals surface area contributed by atoms with Gasteiger partial charge in [0.25, 0.3) is 0 Å². The molecule has 0 unspecified atom stereocenters. The highest BCUT2D eigenvalue weighted by atomic mass is 32.2. The van der Waals surface area contributed by atoms with Crippen LogP contribution in [0.15, 0.2) is 6.20 Å². The van der Waals surface area contributed by atoms with Crippen LogP contribution in [0.5, 0.6) is 0 Å². The summed E-state index contributed by atoms with van der Waals surface area (Å²) >= 11 is 1.99. The van der Waals surface area contributed by atoms with Gasteiger partial charge in [-0.2, -0.15) is 11.8 Å². The maximum absolute atomic E-state index is 5.49. The van der Waals surface area contributed by atoms with E-state index < -0.39 is 0 Å². The molecule has 0 aliphatic carbocycles. The molecule has 1 aliphatic heterocycles. The Balaban J connectivity index is 2.32. The second-order valence-corrected chi connectivity index (χ2v) is 4.30. The lowest BCUT2D eigenvalue weighted by Gasteiger charge is -2.04. The third-order valence-electron chi connectivity index (χ3n) is 2.19. The van der Waals surface area contributed by atoms with Gasteiger partial charge >= 0.3 is 0 Å². The van der Waals surface area contributed by atoms with Crippen molar-refractivity contribution in [3.8, 4) is 0 Å². The van der Waals surface area contributed by atoms with Gasteiger partial charge in [-0.25, -0.2) is 9.97 Å². The average Bonchev–Trinajstić information content (AvgIpc) is 2.41. The minimum Gasteiger partial charge on any atom is -0.324 e. The third kappa shape index (κ3) is 2.00. The molecule has 0 aromatic carbocycles. The molecule has 0 spiro atoms. The zero-order valence-electron chi connectivity index (χ0n) is 7.49. The first-order valence-electron chi connectivity index (χ1n) is 4.51. The van der Waals surface area contributed by atoms with Crippen LogP contribution in [0.4, 0.5) is 0 Å². The molecule has 70 valence electrons. The van der Waals surface area contributed by atoms with Crippen molar-refractivity contribution in [2.24, 2.45) is 5.73 Å². The molecule has 1 aromatic heterocycles. The fourth-order valence-electron chi connectivity index (χ4n) is 1.46. The smallest absolute Gasteiger partial charge is 0.142 e. The summed E-state index contributed by atoms with van der Waals surface area (Å²) in [6.07, 6.45) is 4.11. The number of aromatic nitrogens is 2. The van der Waals surface area contributed by atoms with E-state index in [1.54, 1.807) is 0 Å². The number of rotatable bonds is 1. The molecule has 1 aliphatic rings. The van der Waals surface area contributed by atoms with Crippen molar-refractivity contribution in [3.05, 3.63) is 23.3 Å². The lowest BCUT2D eigenvalue weighted by atomic mass is 10.1. The second-order valence-electron chi connectivity index (χ2n) is 3.07. The zero-order valence-corrected chi connectivity index (χ0v) is 8.31. The summed E-state index contributed by atoms with van der Waals surface area (Å²) in [5.74, 6) is 3.14. The van der Waals surface area contributed by atoms with Crippen molar-refractivity contribution in [1.29, 1.82) is 0 Å². The van der Waals surface area contributed by atoms with Gasteiger partial charge in [-0.1, -0.05) is 0 Å². The Morgan fingerprint density at radius 3 is 3.08 bits per heavy atom. The topological polar surface area (TPSA) is 51.8 Å². The van der Waals surface area contributed by atoms with Crippen molar-refractivity contribution in [3.63, 3.8) is 0 Å². The van der Waals surface area contributed by atoms with Crippen LogP contribution < -0.4 is 5.73 Å². The van der Waals surface area contributed by atoms with Gasteiger partial charge in [-0.05, 0) is 29.9 Å². The van der Waals surface area contributed by atoms with Crippen LogP contribution in [0.3, 0.4) is 0 Å². The molecule has 0 bridgehead atoms. The minimum absolute atomic E-state index is 0.445.